The van der Waals surface area contributed by atoms with Crippen LogP contribution in [0.3, 0.4) is 0 Å². The number of allylic oxidation sites excluding steroid dienone is 4. The molecular weight excluding hydrogens is 517 g/mol. The summed E-state index contributed by atoms with van der Waals surface area (Å²) in [5, 5.41) is 0.594. The molecule has 9 rings (SSSR count). The first-order valence-electron chi connectivity index (χ1n) is 14.7. The van der Waals surface area contributed by atoms with Crippen molar-refractivity contribution in [3.05, 3.63) is 118 Å². The van der Waals surface area contributed by atoms with Crippen LogP contribution in [-0.2, 0) is 5.41 Å². The number of benzene rings is 4. The van der Waals surface area contributed by atoms with Crippen molar-refractivity contribution in [2.75, 3.05) is 4.90 Å². The Morgan fingerprint density at radius 2 is 1.71 bits per heavy atom. The molecule has 0 amide bonds. The number of hydrogen-bond acceptors (Lipinski definition) is 4. The van der Waals surface area contributed by atoms with Crippen LogP contribution in [0, 0.1) is 0 Å². The Kier molecular flexibility index (Phi) is 4.61. The molecule has 42 heavy (non-hydrogen) atoms. The SMILES string of the molecule is CC(C)(C)c1cc2c3c(c1)nc1oc(=O)c4ccc5c(c4n13)B2C1=C(CCC=C1)N5c1ccccc1-c1ccccc1. The zero-order valence-electron chi connectivity index (χ0n) is 23.8. The van der Waals surface area contributed by atoms with Crippen LogP contribution in [0.1, 0.15) is 39.2 Å². The maximum Gasteiger partial charge on any atom is 0.348 e. The summed E-state index contributed by atoms with van der Waals surface area (Å²) in [6.07, 6.45) is 6.56. The number of aromatic nitrogens is 2. The van der Waals surface area contributed by atoms with Crippen LogP contribution in [0.25, 0.3) is 38.9 Å². The van der Waals surface area contributed by atoms with E-state index in [1.54, 1.807) is 0 Å². The number of fused-ring (bicyclic) bond motifs is 2. The van der Waals surface area contributed by atoms with Gasteiger partial charge in [0.05, 0.1) is 27.6 Å². The Labute approximate surface area is 243 Å². The molecule has 0 fully saturated rings. The minimum Gasteiger partial charge on any atom is -0.388 e. The van der Waals surface area contributed by atoms with Crippen molar-refractivity contribution in [3.8, 4) is 11.1 Å². The molecule has 5 nitrogen and oxygen atoms in total. The van der Waals surface area contributed by atoms with Crippen molar-refractivity contribution < 1.29 is 4.42 Å². The van der Waals surface area contributed by atoms with Crippen LogP contribution in [0.4, 0.5) is 11.4 Å². The van der Waals surface area contributed by atoms with Gasteiger partial charge in [0.2, 0.25) is 0 Å². The minimum atomic E-state index is -0.343. The molecule has 1 aliphatic carbocycles. The van der Waals surface area contributed by atoms with Crippen molar-refractivity contribution in [2.45, 2.75) is 39.0 Å². The largest absolute Gasteiger partial charge is 0.388 e. The summed E-state index contributed by atoms with van der Waals surface area (Å²) in [7, 11) is 0. The monoisotopic (exact) mass is 545 g/mol. The number of imidazole rings is 1. The van der Waals surface area contributed by atoms with Gasteiger partial charge in [0.15, 0.2) is 0 Å². The second kappa shape index (κ2) is 8.13. The molecule has 0 bridgehead atoms. The zero-order chi connectivity index (χ0) is 28.3. The second-order valence-corrected chi connectivity index (χ2v) is 12.7. The lowest BCUT2D eigenvalue weighted by Gasteiger charge is -2.42. The third-order valence-corrected chi connectivity index (χ3v) is 9.27. The van der Waals surface area contributed by atoms with Crippen molar-refractivity contribution >= 4 is 56.8 Å². The Balaban J connectivity index is 1.45. The van der Waals surface area contributed by atoms with Gasteiger partial charge in [-0.15, -0.1) is 0 Å². The van der Waals surface area contributed by atoms with E-state index < -0.39 is 0 Å². The van der Waals surface area contributed by atoms with Gasteiger partial charge in [0.25, 0.3) is 6.71 Å². The van der Waals surface area contributed by atoms with E-state index in [1.807, 2.05) is 6.07 Å². The molecule has 6 aromatic rings. The average Bonchev–Trinajstić information content (AvgIpc) is 3.37. The van der Waals surface area contributed by atoms with Gasteiger partial charge in [-0.3, -0.25) is 4.40 Å². The molecule has 202 valence electrons. The van der Waals surface area contributed by atoms with E-state index in [-0.39, 0.29) is 17.8 Å². The van der Waals surface area contributed by atoms with Crippen LogP contribution in [0.2, 0.25) is 0 Å². The summed E-state index contributed by atoms with van der Waals surface area (Å²) in [6.45, 7) is 6.72. The van der Waals surface area contributed by atoms with E-state index >= 15 is 0 Å². The summed E-state index contributed by atoms with van der Waals surface area (Å²) in [5.41, 5.74) is 13.3. The zero-order valence-corrected chi connectivity index (χ0v) is 23.8. The van der Waals surface area contributed by atoms with Crippen LogP contribution >= 0.6 is 0 Å². The lowest BCUT2D eigenvalue weighted by atomic mass is 9.33. The van der Waals surface area contributed by atoms with Gasteiger partial charge in [0, 0.05) is 16.9 Å². The highest BCUT2D eigenvalue weighted by Gasteiger charge is 2.43. The van der Waals surface area contributed by atoms with Crippen LogP contribution in [0.5, 0.6) is 0 Å². The van der Waals surface area contributed by atoms with Gasteiger partial charge < -0.3 is 9.32 Å². The van der Waals surface area contributed by atoms with Crippen molar-refractivity contribution in [2.24, 2.45) is 0 Å². The number of rotatable bonds is 2. The molecule has 4 aromatic carbocycles. The van der Waals surface area contributed by atoms with Gasteiger partial charge in [-0.05, 0) is 70.0 Å². The quantitative estimate of drug-likeness (QED) is 0.225. The van der Waals surface area contributed by atoms with Crippen LogP contribution in [-0.4, -0.2) is 16.1 Å². The predicted molar refractivity (Wildman–Crippen MR) is 172 cm³/mol. The Morgan fingerprint density at radius 1 is 0.905 bits per heavy atom. The van der Waals surface area contributed by atoms with Gasteiger partial charge in [-0.1, -0.05) is 87.5 Å². The predicted octanol–water partition coefficient (Wildman–Crippen LogP) is 6.78. The van der Waals surface area contributed by atoms with Gasteiger partial charge in [-0.25, -0.2) is 4.79 Å². The molecule has 0 saturated heterocycles. The highest BCUT2D eigenvalue weighted by atomic mass is 16.4. The van der Waals surface area contributed by atoms with Crippen LogP contribution in [0.15, 0.2) is 111 Å². The molecule has 2 aromatic heterocycles. The first-order valence-corrected chi connectivity index (χ1v) is 14.7. The summed E-state index contributed by atoms with van der Waals surface area (Å²) in [5.74, 6) is 0.358. The summed E-state index contributed by atoms with van der Waals surface area (Å²) >= 11 is 0. The minimum absolute atomic E-state index is 0.00520. The van der Waals surface area contributed by atoms with Crippen LogP contribution < -0.4 is 21.5 Å². The number of para-hydroxylation sites is 1. The second-order valence-electron chi connectivity index (χ2n) is 12.7. The maximum absolute atomic E-state index is 13.4. The third-order valence-electron chi connectivity index (χ3n) is 9.27. The lowest BCUT2D eigenvalue weighted by Crippen LogP contribution is -2.54. The summed E-state index contributed by atoms with van der Waals surface area (Å²) in [4.78, 5) is 20.8. The van der Waals surface area contributed by atoms with E-state index in [4.69, 9.17) is 9.40 Å². The molecule has 0 spiro atoms. The summed E-state index contributed by atoms with van der Waals surface area (Å²) < 4.78 is 7.95. The standard InChI is InChI=1S/C36H28BN3O2/c1-36(2,3)22-19-26-33-27(20-22)38-35-40(33)32-24(34(41)42-35)17-18-30-31(32)37(26)25-14-8-10-16-29(25)39(30)28-15-9-7-13-23(28)21-11-5-4-6-12-21/h4-9,11-15,17-20H,10,16H2,1-3H3. The van der Waals surface area contributed by atoms with Gasteiger partial charge in [-0.2, -0.15) is 4.98 Å². The fourth-order valence-corrected chi connectivity index (χ4v) is 7.37. The lowest BCUT2D eigenvalue weighted by molar-refractivity contribution is 0.539. The third kappa shape index (κ3) is 3.04. The molecule has 0 saturated carbocycles. The highest BCUT2D eigenvalue weighted by molar-refractivity contribution is 6.96. The molecule has 6 heteroatoms. The molecule has 0 N–H and O–H groups in total. The Morgan fingerprint density at radius 3 is 2.55 bits per heavy atom. The summed E-state index contributed by atoms with van der Waals surface area (Å²) in [6, 6.07) is 27.9. The van der Waals surface area contributed by atoms with E-state index in [9.17, 15) is 4.79 Å². The number of anilines is 2. The fourth-order valence-electron chi connectivity index (χ4n) is 7.37. The van der Waals surface area contributed by atoms with Crippen molar-refractivity contribution in [1.29, 1.82) is 0 Å². The molecule has 0 atom stereocenters. The average molecular weight is 545 g/mol. The normalized spacial score (nSPS) is 15.6. The van der Waals surface area contributed by atoms with Gasteiger partial charge >= 0.3 is 11.5 Å². The molecule has 0 radical (unpaired) electrons. The van der Waals surface area contributed by atoms with E-state index in [0.29, 0.717) is 11.2 Å². The Bertz CT molecular complexity index is 2270. The van der Waals surface area contributed by atoms with E-state index in [2.05, 4.69) is 115 Å². The topological polar surface area (TPSA) is 50.8 Å². The first kappa shape index (κ1) is 23.8. The molecule has 4 heterocycles. The fraction of sp³-hybridized carbons (Fsp3) is 0.167. The molecule has 0 unspecified atom stereocenters. The number of hydrogen-bond donors (Lipinski definition) is 0. The van der Waals surface area contributed by atoms with Crippen molar-refractivity contribution in [3.63, 3.8) is 0 Å². The molecule has 2 aliphatic heterocycles. The van der Waals surface area contributed by atoms with E-state index in [0.717, 1.165) is 46.2 Å². The maximum atomic E-state index is 13.4. The Hall–Kier alpha value is -4.84. The van der Waals surface area contributed by atoms with Crippen molar-refractivity contribution in [1.82, 2.24) is 9.38 Å². The highest BCUT2D eigenvalue weighted by Crippen LogP contribution is 2.45. The molecule has 3 aliphatic rings. The first-order chi connectivity index (χ1) is 20.4. The molecular formula is C36H28BN3O2. The van der Waals surface area contributed by atoms with E-state index in [1.165, 1.54) is 33.3 Å². The van der Waals surface area contributed by atoms with Gasteiger partial charge in [0.1, 0.15) is 0 Å². The smallest absolute Gasteiger partial charge is 0.348 e. The number of nitrogens with zero attached hydrogens (tertiary/aromatic N) is 3.